The van der Waals surface area contributed by atoms with E-state index in [0.29, 0.717) is 0 Å². The van der Waals surface area contributed by atoms with Crippen LogP contribution in [0.25, 0.3) is 0 Å². The molecule has 4 N–H and O–H groups in total. The smallest absolute Gasteiger partial charge is 0.118 e. The molecule has 0 radical (unpaired) electrons. The molecule has 4 heteroatoms. The lowest BCUT2D eigenvalue weighted by Gasteiger charge is -2.42. The van der Waals surface area contributed by atoms with Crippen LogP contribution in [0.15, 0.2) is 72.8 Å². The van der Waals surface area contributed by atoms with Crippen molar-refractivity contribution in [1.82, 2.24) is 0 Å². The zero-order chi connectivity index (χ0) is 25.5. The summed E-state index contributed by atoms with van der Waals surface area (Å²) in [6.07, 6.45) is 0. The SMILES string of the molecule is Cc1cc(C(C)C(c2ccc(O)c(C)c2)(c2ccc(O)c(C)c2)c2ccc(O)c(C)c2)ccc1O. The average molecular weight is 469 g/mol. The molecule has 0 aliphatic rings. The van der Waals surface area contributed by atoms with E-state index in [2.05, 4.69) is 6.92 Å². The van der Waals surface area contributed by atoms with Crippen molar-refractivity contribution in [1.29, 1.82) is 0 Å². The minimum atomic E-state index is -0.737. The van der Waals surface area contributed by atoms with Crippen molar-refractivity contribution in [2.75, 3.05) is 0 Å². The van der Waals surface area contributed by atoms with Crippen molar-refractivity contribution in [2.45, 2.75) is 46.0 Å². The number of hydrogen-bond donors (Lipinski definition) is 4. The largest absolute Gasteiger partial charge is 0.508 e. The molecule has 0 saturated heterocycles. The molecule has 0 aromatic heterocycles. The zero-order valence-corrected chi connectivity index (χ0v) is 20.8. The molecule has 35 heavy (non-hydrogen) atoms. The van der Waals surface area contributed by atoms with Crippen molar-refractivity contribution in [3.63, 3.8) is 0 Å². The third kappa shape index (κ3) is 4.10. The Morgan fingerprint density at radius 3 is 1.11 bits per heavy atom. The van der Waals surface area contributed by atoms with Crippen molar-refractivity contribution in [3.05, 3.63) is 117 Å². The molecule has 0 aliphatic carbocycles. The highest BCUT2D eigenvalue weighted by atomic mass is 16.3. The summed E-state index contributed by atoms with van der Waals surface area (Å²) in [6.45, 7) is 9.67. The van der Waals surface area contributed by atoms with Crippen LogP contribution < -0.4 is 0 Å². The van der Waals surface area contributed by atoms with Crippen LogP contribution in [-0.4, -0.2) is 20.4 Å². The van der Waals surface area contributed by atoms with E-state index in [-0.39, 0.29) is 28.9 Å². The number of benzene rings is 4. The lowest BCUT2D eigenvalue weighted by molar-refractivity contribution is 0.460. The van der Waals surface area contributed by atoms with Gasteiger partial charge in [0.05, 0.1) is 5.41 Å². The van der Waals surface area contributed by atoms with Gasteiger partial charge in [-0.1, -0.05) is 55.5 Å². The number of aromatic hydroxyl groups is 4. The molecule has 1 unspecified atom stereocenters. The van der Waals surface area contributed by atoms with Crippen LogP contribution in [0.5, 0.6) is 23.0 Å². The number of phenolic OH excluding ortho intramolecular Hbond substituents is 4. The summed E-state index contributed by atoms with van der Waals surface area (Å²) in [5, 5.41) is 41.2. The Morgan fingerprint density at radius 2 is 0.800 bits per heavy atom. The molecule has 0 saturated carbocycles. The summed E-state index contributed by atoms with van der Waals surface area (Å²) in [7, 11) is 0. The Labute approximate surface area is 206 Å². The van der Waals surface area contributed by atoms with E-state index in [1.807, 2.05) is 76.2 Å². The van der Waals surface area contributed by atoms with Crippen LogP contribution in [-0.2, 0) is 5.41 Å². The first-order valence-electron chi connectivity index (χ1n) is 11.8. The van der Waals surface area contributed by atoms with Crippen LogP contribution >= 0.6 is 0 Å². The van der Waals surface area contributed by atoms with E-state index in [1.165, 1.54) is 0 Å². The van der Waals surface area contributed by atoms with E-state index >= 15 is 0 Å². The molecule has 4 rings (SSSR count). The van der Waals surface area contributed by atoms with Gasteiger partial charge in [0.2, 0.25) is 0 Å². The summed E-state index contributed by atoms with van der Waals surface area (Å²) >= 11 is 0. The number of phenols is 4. The fraction of sp³-hybridized carbons (Fsp3) is 0.226. The van der Waals surface area contributed by atoms with Crippen LogP contribution in [0.2, 0.25) is 0 Å². The second kappa shape index (κ2) is 9.03. The Bertz CT molecular complexity index is 1280. The summed E-state index contributed by atoms with van der Waals surface area (Å²) in [5.74, 6) is 0.783. The topological polar surface area (TPSA) is 80.9 Å². The van der Waals surface area contributed by atoms with Gasteiger partial charge in [0.25, 0.3) is 0 Å². The molecular formula is C31H32O4. The first kappa shape index (κ1) is 24.2. The van der Waals surface area contributed by atoms with Gasteiger partial charge in [-0.15, -0.1) is 0 Å². The minimum Gasteiger partial charge on any atom is -0.508 e. The third-order valence-corrected chi connectivity index (χ3v) is 7.33. The van der Waals surface area contributed by atoms with Gasteiger partial charge in [-0.25, -0.2) is 0 Å². The van der Waals surface area contributed by atoms with E-state index in [4.69, 9.17) is 0 Å². The highest BCUT2D eigenvalue weighted by Crippen LogP contribution is 2.51. The maximum atomic E-state index is 10.3. The Morgan fingerprint density at radius 1 is 0.486 bits per heavy atom. The maximum absolute atomic E-state index is 10.3. The molecule has 4 nitrogen and oxygen atoms in total. The highest BCUT2D eigenvalue weighted by Gasteiger charge is 2.43. The molecule has 1 atom stereocenters. The average Bonchev–Trinajstić information content (AvgIpc) is 2.82. The maximum Gasteiger partial charge on any atom is 0.118 e. The molecule has 0 aliphatic heterocycles. The van der Waals surface area contributed by atoms with Crippen LogP contribution in [0.4, 0.5) is 0 Å². The summed E-state index contributed by atoms with van der Waals surface area (Å²) in [6, 6.07) is 22.6. The monoisotopic (exact) mass is 468 g/mol. The Kier molecular flexibility index (Phi) is 6.25. The second-order valence-corrected chi connectivity index (χ2v) is 9.58. The first-order valence-corrected chi connectivity index (χ1v) is 11.8. The molecule has 0 amide bonds. The number of rotatable bonds is 5. The molecule has 0 heterocycles. The Balaban J connectivity index is 2.16. The van der Waals surface area contributed by atoms with Crippen molar-refractivity contribution in [2.24, 2.45) is 0 Å². The van der Waals surface area contributed by atoms with E-state index in [9.17, 15) is 20.4 Å². The van der Waals surface area contributed by atoms with Crippen molar-refractivity contribution >= 4 is 0 Å². The van der Waals surface area contributed by atoms with Gasteiger partial charge in [0, 0.05) is 0 Å². The van der Waals surface area contributed by atoms with Crippen LogP contribution in [0, 0.1) is 27.7 Å². The Hall–Kier alpha value is -3.92. The third-order valence-electron chi connectivity index (χ3n) is 7.33. The highest BCUT2D eigenvalue weighted by molar-refractivity contribution is 5.59. The predicted octanol–water partition coefficient (Wildman–Crippen LogP) is 6.88. The fourth-order valence-electron chi connectivity index (χ4n) is 5.15. The zero-order valence-electron chi connectivity index (χ0n) is 20.8. The number of aryl methyl sites for hydroxylation is 4. The second-order valence-electron chi connectivity index (χ2n) is 9.58. The standard InChI is InChI=1S/C31H32O4/c1-18-14-23(6-10-27(18)32)22(5)31(24-7-11-28(33)19(2)15-24,25-8-12-29(34)20(3)16-25)26-9-13-30(35)21(4)17-26/h6-17,22,32-35H,1-5H3. The van der Waals surface area contributed by atoms with Gasteiger partial charge >= 0.3 is 0 Å². The van der Waals surface area contributed by atoms with Gasteiger partial charge in [-0.2, -0.15) is 0 Å². The fourth-order valence-corrected chi connectivity index (χ4v) is 5.15. The van der Waals surface area contributed by atoms with Gasteiger partial charge in [-0.05, 0) is 102 Å². The van der Waals surface area contributed by atoms with Crippen molar-refractivity contribution in [3.8, 4) is 23.0 Å². The van der Waals surface area contributed by atoms with Gasteiger partial charge < -0.3 is 20.4 Å². The van der Waals surface area contributed by atoms with Crippen molar-refractivity contribution < 1.29 is 20.4 Å². The molecule has 0 spiro atoms. The first-order chi connectivity index (χ1) is 16.5. The van der Waals surface area contributed by atoms with Gasteiger partial charge in [0.15, 0.2) is 0 Å². The van der Waals surface area contributed by atoms with Gasteiger partial charge in [-0.3, -0.25) is 0 Å². The van der Waals surface area contributed by atoms with E-state index < -0.39 is 5.41 Å². The molecule has 0 fully saturated rings. The molecule has 0 bridgehead atoms. The lowest BCUT2D eigenvalue weighted by Crippen LogP contribution is -2.35. The van der Waals surface area contributed by atoms with Gasteiger partial charge in [0.1, 0.15) is 23.0 Å². The summed E-state index contributed by atoms with van der Waals surface area (Å²) < 4.78 is 0. The lowest BCUT2D eigenvalue weighted by atomic mass is 9.60. The van der Waals surface area contributed by atoms with E-state index in [1.54, 1.807) is 24.3 Å². The number of hydrogen-bond acceptors (Lipinski definition) is 4. The predicted molar refractivity (Wildman–Crippen MR) is 140 cm³/mol. The normalized spacial score (nSPS) is 12.5. The molecule has 4 aromatic rings. The quantitative estimate of drug-likeness (QED) is 0.241. The van der Waals surface area contributed by atoms with Crippen LogP contribution in [0.1, 0.15) is 57.3 Å². The molecule has 180 valence electrons. The molecule has 4 aromatic carbocycles. The summed E-state index contributed by atoms with van der Waals surface area (Å²) in [5.41, 5.74) is 6.27. The summed E-state index contributed by atoms with van der Waals surface area (Å²) in [4.78, 5) is 0. The minimum absolute atomic E-state index is 0.126. The van der Waals surface area contributed by atoms with E-state index in [0.717, 1.165) is 44.5 Å². The molecular weight excluding hydrogens is 436 g/mol. The van der Waals surface area contributed by atoms with Crippen LogP contribution in [0.3, 0.4) is 0 Å².